The molecule has 1 N–H and O–H groups in total. The fourth-order valence-corrected chi connectivity index (χ4v) is 4.53. The van der Waals surface area contributed by atoms with Crippen LogP contribution in [-0.2, 0) is 14.3 Å². The van der Waals surface area contributed by atoms with E-state index in [2.05, 4.69) is 10.1 Å². The van der Waals surface area contributed by atoms with Gasteiger partial charge in [-0.2, -0.15) is 0 Å². The van der Waals surface area contributed by atoms with Crippen LogP contribution in [0.4, 0.5) is 10.5 Å². The van der Waals surface area contributed by atoms with Gasteiger partial charge in [0, 0.05) is 5.69 Å². The first-order valence-corrected chi connectivity index (χ1v) is 12.3. The summed E-state index contributed by atoms with van der Waals surface area (Å²) in [6, 6.07) is 7.48. The molecule has 0 bridgehead atoms. The van der Waals surface area contributed by atoms with Gasteiger partial charge in [-0.15, -0.1) is 0 Å². The molecule has 0 saturated carbocycles. The van der Waals surface area contributed by atoms with Crippen LogP contribution >= 0.6 is 35.0 Å². The number of methoxy groups -OCH3 is 1. The SMILES string of the molecule is CCOc1cc(/C=C2/SC(=O)N(CC(=O)Nc3ccc(Cl)c(C(=O)OC)c3)C2=O)cc(Cl)c1OCC. The van der Waals surface area contributed by atoms with Crippen LogP contribution in [-0.4, -0.2) is 54.8 Å². The summed E-state index contributed by atoms with van der Waals surface area (Å²) in [6.07, 6.45) is 1.49. The van der Waals surface area contributed by atoms with Gasteiger partial charge in [0.05, 0.1) is 40.8 Å². The zero-order chi connectivity index (χ0) is 26.4. The van der Waals surface area contributed by atoms with Gasteiger partial charge in [0.2, 0.25) is 5.91 Å². The summed E-state index contributed by atoms with van der Waals surface area (Å²) in [4.78, 5) is 50.6. The highest BCUT2D eigenvalue weighted by Crippen LogP contribution is 2.39. The number of benzene rings is 2. The van der Waals surface area contributed by atoms with Crippen molar-refractivity contribution >= 4 is 69.8 Å². The Balaban J connectivity index is 1.76. The predicted molar refractivity (Wildman–Crippen MR) is 138 cm³/mol. The van der Waals surface area contributed by atoms with Crippen molar-refractivity contribution in [3.05, 3.63) is 56.4 Å². The Bertz CT molecular complexity index is 1250. The van der Waals surface area contributed by atoms with Crippen molar-refractivity contribution in [2.24, 2.45) is 0 Å². The number of amides is 3. The summed E-state index contributed by atoms with van der Waals surface area (Å²) in [6.45, 7) is 3.87. The molecule has 0 aliphatic carbocycles. The second kappa shape index (κ2) is 12.2. The molecule has 0 spiro atoms. The van der Waals surface area contributed by atoms with Gasteiger partial charge in [0.25, 0.3) is 11.1 Å². The average molecular weight is 553 g/mol. The van der Waals surface area contributed by atoms with E-state index in [1.807, 2.05) is 13.8 Å². The lowest BCUT2D eigenvalue weighted by molar-refractivity contribution is -0.127. The van der Waals surface area contributed by atoms with Crippen molar-refractivity contribution in [1.82, 2.24) is 4.90 Å². The number of halogens is 2. The Morgan fingerprint density at radius 1 is 1.06 bits per heavy atom. The molecule has 9 nitrogen and oxygen atoms in total. The molecule has 0 aromatic heterocycles. The molecule has 190 valence electrons. The molecule has 1 heterocycles. The van der Waals surface area contributed by atoms with E-state index in [1.54, 1.807) is 12.1 Å². The number of thioether (sulfide) groups is 1. The van der Waals surface area contributed by atoms with Gasteiger partial charge in [-0.3, -0.25) is 19.3 Å². The molecule has 3 rings (SSSR count). The third-order valence-corrected chi connectivity index (χ3v) is 6.27. The highest BCUT2D eigenvalue weighted by molar-refractivity contribution is 8.18. The molecule has 1 fully saturated rings. The Labute approximate surface area is 221 Å². The lowest BCUT2D eigenvalue weighted by Crippen LogP contribution is -2.36. The van der Waals surface area contributed by atoms with Crippen LogP contribution in [0.3, 0.4) is 0 Å². The van der Waals surface area contributed by atoms with Crippen LogP contribution in [0, 0.1) is 0 Å². The van der Waals surface area contributed by atoms with Gasteiger partial charge < -0.3 is 19.5 Å². The molecule has 0 radical (unpaired) electrons. The van der Waals surface area contributed by atoms with Crippen LogP contribution < -0.4 is 14.8 Å². The number of hydrogen-bond donors (Lipinski definition) is 1. The Morgan fingerprint density at radius 3 is 2.44 bits per heavy atom. The van der Waals surface area contributed by atoms with Gasteiger partial charge in [0.1, 0.15) is 6.54 Å². The molecule has 36 heavy (non-hydrogen) atoms. The highest BCUT2D eigenvalue weighted by Gasteiger charge is 2.36. The van der Waals surface area contributed by atoms with E-state index < -0.39 is 29.6 Å². The van der Waals surface area contributed by atoms with E-state index >= 15 is 0 Å². The maximum Gasteiger partial charge on any atom is 0.339 e. The summed E-state index contributed by atoms with van der Waals surface area (Å²) in [7, 11) is 1.20. The molecule has 2 aromatic rings. The summed E-state index contributed by atoms with van der Waals surface area (Å²) < 4.78 is 15.8. The number of imide groups is 1. The fraction of sp³-hybridized carbons (Fsp3) is 0.250. The maximum atomic E-state index is 12.9. The van der Waals surface area contributed by atoms with Gasteiger partial charge >= 0.3 is 5.97 Å². The van der Waals surface area contributed by atoms with Crippen LogP contribution in [0.25, 0.3) is 6.08 Å². The van der Waals surface area contributed by atoms with Gasteiger partial charge in [-0.1, -0.05) is 23.2 Å². The van der Waals surface area contributed by atoms with Crippen molar-refractivity contribution in [2.75, 3.05) is 32.2 Å². The Morgan fingerprint density at radius 2 is 1.78 bits per heavy atom. The smallest absolute Gasteiger partial charge is 0.339 e. The monoisotopic (exact) mass is 552 g/mol. The van der Waals surface area contributed by atoms with Crippen LogP contribution in [0.15, 0.2) is 35.2 Å². The van der Waals surface area contributed by atoms with Crippen molar-refractivity contribution in [3.8, 4) is 11.5 Å². The summed E-state index contributed by atoms with van der Waals surface area (Å²) in [5.41, 5.74) is 0.838. The van der Waals surface area contributed by atoms with E-state index in [0.29, 0.717) is 47.1 Å². The minimum absolute atomic E-state index is 0.0616. The normalized spacial score (nSPS) is 14.2. The number of nitrogens with one attached hydrogen (secondary N) is 1. The van der Waals surface area contributed by atoms with Gasteiger partial charge in [-0.05, 0) is 67.6 Å². The topological polar surface area (TPSA) is 111 Å². The number of esters is 1. The second-order valence-electron chi connectivity index (χ2n) is 7.20. The second-order valence-corrected chi connectivity index (χ2v) is 9.01. The van der Waals surface area contributed by atoms with Crippen molar-refractivity contribution in [1.29, 1.82) is 0 Å². The van der Waals surface area contributed by atoms with Crippen molar-refractivity contribution in [2.45, 2.75) is 13.8 Å². The van der Waals surface area contributed by atoms with Crippen LogP contribution in [0.2, 0.25) is 10.0 Å². The minimum Gasteiger partial charge on any atom is -0.490 e. The first-order chi connectivity index (χ1) is 17.2. The zero-order valence-corrected chi connectivity index (χ0v) is 21.9. The molecule has 0 atom stereocenters. The van der Waals surface area contributed by atoms with E-state index in [-0.39, 0.29) is 21.2 Å². The number of ether oxygens (including phenoxy) is 3. The third-order valence-electron chi connectivity index (χ3n) is 4.75. The van der Waals surface area contributed by atoms with Gasteiger partial charge in [-0.25, -0.2) is 4.79 Å². The standard InChI is InChI=1S/C24H22Cl2N2O7S/c1-4-34-18-9-13(8-17(26)21(18)35-5-2)10-19-22(30)28(24(32)36-19)12-20(29)27-14-6-7-16(25)15(11-14)23(31)33-3/h6-11H,4-5,12H2,1-3H3,(H,27,29)/b19-10+. The molecule has 1 aliphatic heterocycles. The summed E-state index contributed by atoms with van der Waals surface area (Å²) in [5.74, 6) is -1.14. The summed E-state index contributed by atoms with van der Waals surface area (Å²) in [5, 5.41) is 2.38. The number of anilines is 1. The zero-order valence-electron chi connectivity index (χ0n) is 19.6. The minimum atomic E-state index is -0.672. The molecule has 0 unspecified atom stereocenters. The lowest BCUT2D eigenvalue weighted by atomic mass is 10.1. The van der Waals surface area contributed by atoms with Crippen molar-refractivity contribution in [3.63, 3.8) is 0 Å². The predicted octanol–water partition coefficient (Wildman–Crippen LogP) is 5.25. The molecule has 1 saturated heterocycles. The molecule has 1 aliphatic rings. The number of hydrogen-bond acceptors (Lipinski definition) is 8. The van der Waals surface area contributed by atoms with E-state index in [1.165, 1.54) is 31.4 Å². The quantitative estimate of drug-likeness (QED) is 0.331. The first kappa shape index (κ1) is 27.4. The Hall–Kier alpha value is -3.21. The van der Waals surface area contributed by atoms with E-state index in [4.69, 9.17) is 32.7 Å². The molecular weight excluding hydrogens is 531 g/mol. The molecule has 12 heteroatoms. The van der Waals surface area contributed by atoms with Crippen LogP contribution in [0.5, 0.6) is 11.5 Å². The fourth-order valence-electron chi connectivity index (χ4n) is 3.22. The van der Waals surface area contributed by atoms with Crippen molar-refractivity contribution < 1.29 is 33.4 Å². The highest BCUT2D eigenvalue weighted by atomic mass is 35.5. The number of carbonyl (C=O) groups is 4. The van der Waals surface area contributed by atoms with Crippen LogP contribution in [0.1, 0.15) is 29.8 Å². The van der Waals surface area contributed by atoms with E-state index in [0.717, 1.165) is 4.90 Å². The number of rotatable bonds is 9. The largest absolute Gasteiger partial charge is 0.490 e. The lowest BCUT2D eigenvalue weighted by Gasteiger charge is -2.14. The average Bonchev–Trinajstić information content (AvgIpc) is 3.09. The van der Waals surface area contributed by atoms with Gasteiger partial charge in [0.15, 0.2) is 11.5 Å². The third kappa shape index (κ3) is 6.31. The molecular formula is C24H22Cl2N2O7S. The van der Waals surface area contributed by atoms with E-state index in [9.17, 15) is 19.2 Å². The number of nitrogens with zero attached hydrogens (tertiary/aromatic N) is 1. The first-order valence-electron chi connectivity index (χ1n) is 10.7. The number of carbonyl (C=O) groups excluding carboxylic acids is 4. The maximum absolute atomic E-state index is 12.9. The molecule has 3 amide bonds. The Kier molecular flexibility index (Phi) is 9.25. The summed E-state index contributed by atoms with van der Waals surface area (Å²) >= 11 is 13.0. The molecule has 2 aromatic carbocycles.